The Kier molecular flexibility index (Phi) is 2.83. The Bertz CT molecular complexity index is 598. The number of phenolic OH excluding ortho intramolecular Hbond substituents is 1. The van der Waals surface area contributed by atoms with Crippen molar-refractivity contribution in [2.75, 3.05) is 0 Å². The summed E-state index contributed by atoms with van der Waals surface area (Å²) < 4.78 is 37.3. The second-order valence-electron chi connectivity index (χ2n) is 3.28. The molecule has 1 heterocycles. The Hall–Kier alpha value is -1.20. The molecule has 0 aliphatic rings. The summed E-state index contributed by atoms with van der Waals surface area (Å²) in [6, 6.07) is 3.18. The van der Waals surface area contributed by atoms with E-state index < -0.39 is 17.6 Å². The standard InChI is InChI=1S/C10H4Cl2F3NO/c11-5-3-6(12)9(17)8-4(5)1-2-7(16-8)10(13,14)15/h1-3,17H. The van der Waals surface area contributed by atoms with E-state index in [1.807, 2.05) is 0 Å². The molecule has 2 aromatic rings. The molecule has 0 amide bonds. The molecule has 0 bridgehead atoms. The average molecular weight is 282 g/mol. The maximum atomic E-state index is 12.4. The summed E-state index contributed by atoms with van der Waals surface area (Å²) >= 11 is 11.4. The molecule has 17 heavy (non-hydrogen) atoms. The van der Waals surface area contributed by atoms with Crippen LogP contribution in [0, 0.1) is 0 Å². The number of fused-ring (bicyclic) bond motifs is 1. The van der Waals surface area contributed by atoms with Gasteiger partial charge in [-0.1, -0.05) is 23.2 Å². The number of hydrogen-bond acceptors (Lipinski definition) is 2. The second kappa shape index (κ2) is 3.92. The zero-order valence-electron chi connectivity index (χ0n) is 8.02. The van der Waals surface area contributed by atoms with Gasteiger partial charge in [0.2, 0.25) is 0 Å². The van der Waals surface area contributed by atoms with Crippen LogP contribution in [0.15, 0.2) is 18.2 Å². The van der Waals surface area contributed by atoms with Crippen LogP contribution >= 0.6 is 23.2 Å². The van der Waals surface area contributed by atoms with Crippen molar-refractivity contribution in [3.8, 4) is 5.75 Å². The third kappa shape index (κ3) is 2.12. The highest BCUT2D eigenvalue weighted by Gasteiger charge is 2.33. The number of aromatic nitrogens is 1. The first-order valence-electron chi connectivity index (χ1n) is 4.35. The second-order valence-corrected chi connectivity index (χ2v) is 4.09. The van der Waals surface area contributed by atoms with Gasteiger partial charge in [0.1, 0.15) is 11.2 Å². The zero-order chi connectivity index (χ0) is 12.8. The lowest BCUT2D eigenvalue weighted by Crippen LogP contribution is -2.07. The van der Waals surface area contributed by atoms with Gasteiger partial charge < -0.3 is 5.11 Å². The topological polar surface area (TPSA) is 33.1 Å². The van der Waals surface area contributed by atoms with Crippen molar-refractivity contribution in [3.05, 3.63) is 33.9 Å². The molecule has 90 valence electrons. The van der Waals surface area contributed by atoms with Gasteiger partial charge in [0, 0.05) is 5.39 Å². The minimum Gasteiger partial charge on any atom is -0.504 e. The number of benzene rings is 1. The molecule has 0 unspecified atom stereocenters. The minimum absolute atomic E-state index is 0.129. The number of hydrogen-bond donors (Lipinski definition) is 1. The van der Waals surface area contributed by atoms with Crippen LogP contribution in [-0.2, 0) is 6.18 Å². The van der Waals surface area contributed by atoms with Crippen molar-refractivity contribution in [3.63, 3.8) is 0 Å². The lowest BCUT2D eigenvalue weighted by atomic mass is 10.2. The van der Waals surface area contributed by atoms with Gasteiger partial charge in [-0.2, -0.15) is 13.2 Å². The van der Waals surface area contributed by atoms with Crippen LogP contribution in [-0.4, -0.2) is 10.1 Å². The summed E-state index contributed by atoms with van der Waals surface area (Å²) in [4.78, 5) is 3.32. The van der Waals surface area contributed by atoms with Crippen LogP contribution in [0.3, 0.4) is 0 Å². The quantitative estimate of drug-likeness (QED) is 0.782. The predicted octanol–water partition coefficient (Wildman–Crippen LogP) is 4.27. The SMILES string of the molecule is Oc1c(Cl)cc(Cl)c2ccc(C(F)(F)F)nc12. The van der Waals surface area contributed by atoms with Crippen LogP contribution in [0.25, 0.3) is 10.9 Å². The first-order valence-corrected chi connectivity index (χ1v) is 5.11. The summed E-state index contributed by atoms with van der Waals surface area (Å²) in [5, 5.41) is 9.75. The summed E-state index contributed by atoms with van der Waals surface area (Å²) in [7, 11) is 0. The van der Waals surface area contributed by atoms with Crippen LogP contribution in [0.5, 0.6) is 5.75 Å². The monoisotopic (exact) mass is 281 g/mol. The van der Waals surface area contributed by atoms with Crippen molar-refractivity contribution < 1.29 is 18.3 Å². The number of nitrogens with zero attached hydrogens (tertiary/aromatic N) is 1. The Morgan fingerprint density at radius 2 is 1.76 bits per heavy atom. The van der Waals surface area contributed by atoms with Gasteiger partial charge in [0.25, 0.3) is 0 Å². The Morgan fingerprint density at radius 3 is 2.35 bits per heavy atom. The maximum Gasteiger partial charge on any atom is 0.433 e. The molecule has 0 saturated heterocycles. The van der Waals surface area contributed by atoms with Crippen LogP contribution in [0.2, 0.25) is 10.0 Å². The van der Waals surface area contributed by atoms with E-state index in [-0.39, 0.29) is 20.9 Å². The number of rotatable bonds is 0. The molecule has 1 N–H and O–H groups in total. The molecule has 0 aliphatic heterocycles. The van der Waals surface area contributed by atoms with E-state index in [9.17, 15) is 18.3 Å². The molecule has 7 heteroatoms. The largest absolute Gasteiger partial charge is 0.504 e. The molecule has 0 fully saturated rings. The van der Waals surface area contributed by atoms with Crippen LogP contribution < -0.4 is 0 Å². The number of pyridine rings is 1. The summed E-state index contributed by atoms with van der Waals surface area (Å²) in [5.74, 6) is -0.517. The molecule has 0 spiro atoms. The molecule has 2 nitrogen and oxygen atoms in total. The molecule has 1 aromatic carbocycles. The van der Waals surface area contributed by atoms with Gasteiger partial charge in [-0.05, 0) is 18.2 Å². The molecular weight excluding hydrogens is 278 g/mol. The normalized spacial score (nSPS) is 12.1. The fourth-order valence-corrected chi connectivity index (χ4v) is 1.88. The fraction of sp³-hybridized carbons (Fsp3) is 0.100. The molecule has 2 rings (SSSR count). The van der Waals surface area contributed by atoms with E-state index in [4.69, 9.17) is 23.2 Å². The van der Waals surface area contributed by atoms with Crippen molar-refractivity contribution in [2.24, 2.45) is 0 Å². The molecular formula is C10H4Cl2F3NO. The maximum absolute atomic E-state index is 12.4. The highest BCUT2D eigenvalue weighted by atomic mass is 35.5. The molecule has 0 radical (unpaired) electrons. The van der Waals surface area contributed by atoms with E-state index in [2.05, 4.69) is 4.98 Å². The van der Waals surface area contributed by atoms with E-state index in [1.165, 1.54) is 6.07 Å². The van der Waals surface area contributed by atoms with Crippen molar-refractivity contribution >= 4 is 34.1 Å². The molecule has 0 atom stereocenters. The first kappa shape index (κ1) is 12.3. The minimum atomic E-state index is -4.59. The summed E-state index contributed by atoms with van der Waals surface area (Å²) in [6.45, 7) is 0. The van der Waals surface area contributed by atoms with Gasteiger partial charge in [-0.25, -0.2) is 4.98 Å². The molecule has 0 saturated carbocycles. The Balaban J connectivity index is 2.81. The highest BCUT2D eigenvalue weighted by molar-refractivity contribution is 6.39. The predicted molar refractivity (Wildman–Crippen MR) is 58.4 cm³/mol. The van der Waals surface area contributed by atoms with Crippen molar-refractivity contribution in [1.29, 1.82) is 0 Å². The third-order valence-electron chi connectivity index (χ3n) is 2.15. The number of phenols is 1. The molecule has 0 aliphatic carbocycles. The van der Waals surface area contributed by atoms with E-state index in [0.717, 1.165) is 12.1 Å². The van der Waals surface area contributed by atoms with Gasteiger partial charge in [0.15, 0.2) is 5.75 Å². The molecule has 1 aromatic heterocycles. The van der Waals surface area contributed by atoms with Gasteiger partial charge in [0.05, 0.1) is 10.0 Å². The summed E-state index contributed by atoms with van der Waals surface area (Å²) in [6.07, 6.45) is -4.59. The van der Waals surface area contributed by atoms with Crippen LogP contribution in [0.1, 0.15) is 5.69 Å². The third-order valence-corrected chi connectivity index (χ3v) is 2.75. The lowest BCUT2D eigenvalue weighted by molar-refractivity contribution is -0.140. The fourth-order valence-electron chi connectivity index (χ4n) is 1.36. The number of halogens is 5. The van der Waals surface area contributed by atoms with Gasteiger partial charge in [-0.3, -0.25) is 0 Å². The van der Waals surface area contributed by atoms with E-state index in [0.29, 0.717) is 0 Å². The van der Waals surface area contributed by atoms with Gasteiger partial charge >= 0.3 is 6.18 Å². The average Bonchev–Trinajstić information content (AvgIpc) is 2.24. The number of aromatic hydroxyl groups is 1. The zero-order valence-corrected chi connectivity index (χ0v) is 9.53. The van der Waals surface area contributed by atoms with E-state index >= 15 is 0 Å². The smallest absolute Gasteiger partial charge is 0.433 e. The lowest BCUT2D eigenvalue weighted by Gasteiger charge is -2.09. The Labute approximate surface area is 104 Å². The summed E-state index contributed by atoms with van der Waals surface area (Å²) in [5.41, 5.74) is -1.38. The van der Waals surface area contributed by atoms with Crippen LogP contribution in [0.4, 0.5) is 13.2 Å². The van der Waals surface area contributed by atoms with Crippen molar-refractivity contribution in [1.82, 2.24) is 4.98 Å². The van der Waals surface area contributed by atoms with Gasteiger partial charge in [-0.15, -0.1) is 0 Å². The number of alkyl halides is 3. The Morgan fingerprint density at radius 1 is 1.12 bits per heavy atom. The highest BCUT2D eigenvalue weighted by Crippen LogP contribution is 2.38. The first-order chi connectivity index (χ1) is 7.80. The van der Waals surface area contributed by atoms with E-state index in [1.54, 1.807) is 0 Å². The van der Waals surface area contributed by atoms with Crippen molar-refractivity contribution in [2.45, 2.75) is 6.18 Å².